The number of aromatic nitrogens is 1. The molecule has 2 rings (SSSR count). The van der Waals surface area contributed by atoms with E-state index in [2.05, 4.69) is 43.4 Å². The Labute approximate surface area is 126 Å². The Morgan fingerprint density at radius 3 is 2.81 bits per heavy atom. The van der Waals surface area contributed by atoms with Gasteiger partial charge in [-0.1, -0.05) is 31.1 Å². The molecule has 0 fully saturated rings. The fourth-order valence-corrected chi connectivity index (χ4v) is 2.01. The monoisotopic (exact) mass is 288 g/mol. The molecule has 21 heavy (non-hydrogen) atoms. The van der Waals surface area contributed by atoms with Gasteiger partial charge in [-0.2, -0.15) is 0 Å². The van der Waals surface area contributed by atoms with Crippen molar-refractivity contribution in [3.8, 4) is 5.75 Å². The van der Waals surface area contributed by atoms with Crippen LogP contribution >= 0.6 is 0 Å². The first-order valence-electron chi connectivity index (χ1n) is 7.40. The first kappa shape index (κ1) is 15.6. The zero-order chi connectivity index (χ0) is 15.2. The highest BCUT2D eigenvalue weighted by atomic mass is 16.5. The Morgan fingerprint density at radius 1 is 1.24 bits per heavy atom. The molecule has 114 valence electrons. The molecule has 0 saturated carbocycles. The van der Waals surface area contributed by atoms with Crippen LogP contribution < -0.4 is 10.1 Å². The van der Waals surface area contributed by atoms with E-state index >= 15 is 0 Å². The van der Waals surface area contributed by atoms with Gasteiger partial charge in [0.25, 0.3) is 0 Å². The molecule has 0 radical (unpaired) electrons. The maximum absolute atomic E-state index is 5.81. The smallest absolute Gasteiger partial charge is 0.174 e. The lowest BCUT2D eigenvalue weighted by Gasteiger charge is -2.07. The van der Waals surface area contributed by atoms with Crippen molar-refractivity contribution in [3.63, 3.8) is 0 Å². The van der Waals surface area contributed by atoms with Crippen molar-refractivity contribution in [3.05, 3.63) is 46.8 Å². The van der Waals surface area contributed by atoms with Crippen molar-refractivity contribution in [2.24, 2.45) is 5.92 Å². The van der Waals surface area contributed by atoms with Crippen LogP contribution in [0, 0.1) is 19.8 Å². The summed E-state index contributed by atoms with van der Waals surface area (Å²) in [7, 11) is 0. The molecule has 0 amide bonds. The molecule has 0 aliphatic rings. The van der Waals surface area contributed by atoms with E-state index < -0.39 is 0 Å². The molecule has 1 aromatic heterocycles. The standard InChI is InChI=1S/C17H24N2O2/c1-12(2)9-18-10-15-8-16(21-19-15)11-20-17-7-13(3)5-6-14(17)4/h5-8,12,18H,9-11H2,1-4H3. The van der Waals surface area contributed by atoms with E-state index in [1.165, 1.54) is 5.56 Å². The minimum absolute atomic E-state index is 0.404. The lowest BCUT2D eigenvalue weighted by molar-refractivity contribution is 0.247. The van der Waals surface area contributed by atoms with E-state index in [0.717, 1.165) is 35.9 Å². The van der Waals surface area contributed by atoms with E-state index in [4.69, 9.17) is 9.26 Å². The Balaban J connectivity index is 1.86. The molecule has 2 aromatic rings. The highest BCUT2D eigenvalue weighted by Gasteiger charge is 2.06. The molecule has 1 aromatic carbocycles. The van der Waals surface area contributed by atoms with Crippen LogP contribution in [0.1, 0.15) is 36.4 Å². The molecule has 4 heteroatoms. The first-order chi connectivity index (χ1) is 10.0. The van der Waals surface area contributed by atoms with Gasteiger partial charge in [-0.15, -0.1) is 0 Å². The van der Waals surface area contributed by atoms with Crippen LogP contribution in [0.4, 0.5) is 0 Å². The SMILES string of the molecule is Cc1ccc(C)c(OCc2cc(CNCC(C)C)no2)c1. The maximum atomic E-state index is 5.81. The third kappa shape index (κ3) is 4.90. The summed E-state index contributed by atoms with van der Waals surface area (Å²) >= 11 is 0. The Bertz CT molecular complexity index is 576. The molecule has 0 aliphatic carbocycles. The molecule has 0 bridgehead atoms. The molecule has 1 heterocycles. The van der Waals surface area contributed by atoms with Crippen LogP contribution in [0.3, 0.4) is 0 Å². The van der Waals surface area contributed by atoms with Crippen molar-refractivity contribution >= 4 is 0 Å². The lowest BCUT2D eigenvalue weighted by atomic mass is 10.1. The topological polar surface area (TPSA) is 47.3 Å². The van der Waals surface area contributed by atoms with Gasteiger partial charge in [0.2, 0.25) is 0 Å². The number of nitrogens with one attached hydrogen (secondary N) is 1. The molecule has 4 nitrogen and oxygen atoms in total. The summed E-state index contributed by atoms with van der Waals surface area (Å²) in [5.41, 5.74) is 3.22. The zero-order valence-electron chi connectivity index (χ0n) is 13.3. The predicted octanol–water partition coefficient (Wildman–Crippen LogP) is 3.62. The Hall–Kier alpha value is -1.81. The number of aryl methyl sites for hydroxylation is 2. The number of rotatable bonds is 7. The summed E-state index contributed by atoms with van der Waals surface area (Å²) in [6, 6.07) is 8.12. The first-order valence-corrected chi connectivity index (χ1v) is 7.40. The van der Waals surface area contributed by atoms with Gasteiger partial charge in [-0.25, -0.2) is 0 Å². The van der Waals surface area contributed by atoms with Crippen LogP contribution in [-0.2, 0) is 13.2 Å². The van der Waals surface area contributed by atoms with Gasteiger partial charge in [0, 0.05) is 12.6 Å². The summed E-state index contributed by atoms with van der Waals surface area (Å²) in [5.74, 6) is 2.27. The summed E-state index contributed by atoms with van der Waals surface area (Å²) in [4.78, 5) is 0. The van der Waals surface area contributed by atoms with Gasteiger partial charge >= 0.3 is 0 Å². The average molecular weight is 288 g/mol. The van der Waals surface area contributed by atoms with E-state index in [9.17, 15) is 0 Å². The number of hydrogen-bond acceptors (Lipinski definition) is 4. The van der Waals surface area contributed by atoms with Gasteiger partial charge in [0.1, 0.15) is 12.4 Å². The zero-order valence-corrected chi connectivity index (χ0v) is 13.3. The third-order valence-corrected chi connectivity index (χ3v) is 3.18. The van der Waals surface area contributed by atoms with Gasteiger partial charge in [0.05, 0.1) is 5.69 Å². The second kappa shape index (κ2) is 7.27. The summed E-state index contributed by atoms with van der Waals surface area (Å²) < 4.78 is 11.1. The van der Waals surface area contributed by atoms with Gasteiger partial charge in [-0.3, -0.25) is 0 Å². The predicted molar refractivity (Wildman–Crippen MR) is 83.3 cm³/mol. The van der Waals surface area contributed by atoms with E-state index in [-0.39, 0.29) is 0 Å². The molecular formula is C17H24N2O2. The fourth-order valence-electron chi connectivity index (χ4n) is 2.01. The largest absolute Gasteiger partial charge is 0.485 e. The number of nitrogens with zero attached hydrogens (tertiary/aromatic N) is 1. The highest BCUT2D eigenvalue weighted by molar-refractivity contribution is 5.36. The van der Waals surface area contributed by atoms with Crippen LogP contribution in [0.15, 0.2) is 28.8 Å². The second-order valence-corrected chi connectivity index (χ2v) is 5.87. The van der Waals surface area contributed by atoms with Gasteiger partial charge in [-0.05, 0) is 43.5 Å². The van der Waals surface area contributed by atoms with E-state index in [0.29, 0.717) is 12.5 Å². The number of hydrogen-bond donors (Lipinski definition) is 1. The summed E-state index contributed by atoms with van der Waals surface area (Å²) in [6.07, 6.45) is 0. The van der Waals surface area contributed by atoms with Gasteiger partial charge in [0.15, 0.2) is 5.76 Å². The van der Waals surface area contributed by atoms with Crippen LogP contribution in [0.2, 0.25) is 0 Å². The van der Waals surface area contributed by atoms with E-state index in [1.54, 1.807) is 0 Å². The average Bonchev–Trinajstić information content (AvgIpc) is 2.87. The molecule has 0 saturated heterocycles. The van der Waals surface area contributed by atoms with Crippen molar-refractivity contribution in [1.82, 2.24) is 10.5 Å². The molecular weight excluding hydrogens is 264 g/mol. The number of benzene rings is 1. The summed E-state index contributed by atoms with van der Waals surface area (Å²) in [6.45, 7) is 10.6. The van der Waals surface area contributed by atoms with Crippen molar-refractivity contribution in [2.75, 3.05) is 6.54 Å². The van der Waals surface area contributed by atoms with Crippen LogP contribution in [0.25, 0.3) is 0 Å². The lowest BCUT2D eigenvalue weighted by Crippen LogP contribution is -2.19. The van der Waals surface area contributed by atoms with Gasteiger partial charge < -0.3 is 14.6 Å². The van der Waals surface area contributed by atoms with Crippen molar-refractivity contribution in [1.29, 1.82) is 0 Å². The van der Waals surface area contributed by atoms with E-state index in [1.807, 2.05) is 19.1 Å². The minimum Gasteiger partial charge on any atom is -0.485 e. The maximum Gasteiger partial charge on any atom is 0.174 e. The molecule has 0 aliphatic heterocycles. The molecule has 1 N–H and O–H groups in total. The van der Waals surface area contributed by atoms with Crippen molar-refractivity contribution in [2.45, 2.75) is 40.8 Å². The second-order valence-electron chi connectivity index (χ2n) is 5.87. The Kier molecular flexibility index (Phi) is 5.39. The van der Waals surface area contributed by atoms with Crippen LogP contribution in [0.5, 0.6) is 5.75 Å². The minimum atomic E-state index is 0.404. The normalized spacial score (nSPS) is 11.1. The molecule has 0 unspecified atom stereocenters. The quantitative estimate of drug-likeness (QED) is 0.845. The molecule has 0 atom stereocenters. The fraction of sp³-hybridized carbons (Fsp3) is 0.471. The highest BCUT2D eigenvalue weighted by Crippen LogP contribution is 2.20. The van der Waals surface area contributed by atoms with Crippen LogP contribution in [-0.4, -0.2) is 11.7 Å². The molecule has 0 spiro atoms. The Morgan fingerprint density at radius 2 is 2.05 bits per heavy atom. The summed E-state index contributed by atoms with van der Waals surface area (Å²) in [5, 5.41) is 7.39. The third-order valence-electron chi connectivity index (χ3n) is 3.18. The van der Waals surface area contributed by atoms with Crippen molar-refractivity contribution < 1.29 is 9.26 Å². The number of ether oxygens (including phenoxy) is 1.